The molecule has 6 heteroatoms. The number of aryl methyl sites for hydroxylation is 2. The molecule has 2 aromatic carbocycles. The summed E-state index contributed by atoms with van der Waals surface area (Å²) in [5, 5.41) is 2.86. The maximum absolute atomic E-state index is 12.6. The number of benzene rings is 2. The maximum atomic E-state index is 12.6. The lowest BCUT2D eigenvalue weighted by atomic mass is 10.1. The molecule has 2 amide bonds. The number of amides is 2. The van der Waals surface area contributed by atoms with Gasteiger partial charge in [0.1, 0.15) is 11.5 Å². The van der Waals surface area contributed by atoms with Crippen molar-refractivity contribution in [2.24, 2.45) is 0 Å². The molecule has 1 unspecified atom stereocenters. The second kappa shape index (κ2) is 9.65. The lowest BCUT2D eigenvalue weighted by Gasteiger charge is -2.33. The second-order valence-corrected chi connectivity index (χ2v) is 7.70. The fourth-order valence-electron chi connectivity index (χ4n) is 3.60. The molecule has 0 fully saturated rings. The first-order valence-electron chi connectivity index (χ1n) is 10.5. The van der Waals surface area contributed by atoms with E-state index in [-0.39, 0.29) is 18.4 Å². The van der Waals surface area contributed by atoms with E-state index < -0.39 is 6.10 Å². The predicted octanol–water partition coefficient (Wildman–Crippen LogP) is 4.63. The summed E-state index contributed by atoms with van der Waals surface area (Å²) in [5.74, 6) is 1.07. The van der Waals surface area contributed by atoms with Gasteiger partial charge in [0.25, 0.3) is 11.8 Å². The van der Waals surface area contributed by atoms with Gasteiger partial charge < -0.3 is 19.7 Å². The normalized spacial score (nSPS) is 15.4. The van der Waals surface area contributed by atoms with Crippen molar-refractivity contribution < 1.29 is 19.1 Å². The van der Waals surface area contributed by atoms with Crippen LogP contribution in [-0.2, 0) is 9.59 Å². The maximum Gasteiger partial charge on any atom is 0.267 e. The number of nitrogens with zero attached hydrogens (tertiary/aromatic N) is 1. The Labute approximate surface area is 178 Å². The molecule has 0 bridgehead atoms. The molecule has 2 aromatic rings. The Balaban J connectivity index is 1.70. The molecule has 160 valence electrons. The van der Waals surface area contributed by atoms with Crippen LogP contribution in [0.2, 0.25) is 0 Å². The van der Waals surface area contributed by atoms with E-state index in [1.807, 2.05) is 32.0 Å². The van der Waals surface area contributed by atoms with Crippen LogP contribution in [0, 0.1) is 13.8 Å². The quantitative estimate of drug-likeness (QED) is 0.645. The summed E-state index contributed by atoms with van der Waals surface area (Å²) in [5.41, 5.74) is 3.28. The van der Waals surface area contributed by atoms with Crippen LogP contribution in [0.3, 0.4) is 0 Å². The number of nitrogens with one attached hydrogen (secondary N) is 1. The molecule has 30 heavy (non-hydrogen) atoms. The SMILES string of the molecule is CCCCCN1C(=O)C(C)Oc2ccc(NC(=O)COc3c(C)cccc3C)cc21. The zero-order valence-electron chi connectivity index (χ0n) is 18.2. The topological polar surface area (TPSA) is 67.9 Å². The number of carbonyl (C=O) groups is 2. The van der Waals surface area contributed by atoms with Gasteiger partial charge in [0.15, 0.2) is 12.7 Å². The minimum absolute atomic E-state index is 0.0551. The smallest absolute Gasteiger partial charge is 0.267 e. The molecule has 1 aliphatic heterocycles. The molecule has 1 heterocycles. The minimum Gasteiger partial charge on any atom is -0.483 e. The lowest BCUT2D eigenvalue weighted by Crippen LogP contribution is -2.44. The first-order chi connectivity index (χ1) is 14.4. The Morgan fingerprint density at radius 1 is 1.17 bits per heavy atom. The summed E-state index contributed by atoms with van der Waals surface area (Å²) in [4.78, 5) is 26.8. The Kier molecular flexibility index (Phi) is 6.98. The van der Waals surface area contributed by atoms with Crippen molar-refractivity contribution in [3.05, 3.63) is 47.5 Å². The van der Waals surface area contributed by atoms with Crippen LogP contribution in [0.25, 0.3) is 0 Å². The van der Waals surface area contributed by atoms with Gasteiger partial charge in [-0.2, -0.15) is 0 Å². The number of fused-ring (bicyclic) bond motifs is 1. The van der Waals surface area contributed by atoms with Crippen LogP contribution in [0.5, 0.6) is 11.5 Å². The van der Waals surface area contributed by atoms with E-state index >= 15 is 0 Å². The third-order valence-corrected chi connectivity index (χ3v) is 5.19. The highest BCUT2D eigenvalue weighted by Gasteiger charge is 2.31. The monoisotopic (exact) mass is 410 g/mol. The van der Waals surface area contributed by atoms with Crippen molar-refractivity contribution in [3.63, 3.8) is 0 Å². The van der Waals surface area contributed by atoms with Crippen molar-refractivity contribution in [2.45, 2.75) is 53.1 Å². The number of carbonyl (C=O) groups excluding carboxylic acids is 2. The molecule has 1 aliphatic rings. The Morgan fingerprint density at radius 3 is 2.60 bits per heavy atom. The lowest BCUT2D eigenvalue weighted by molar-refractivity contribution is -0.125. The highest BCUT2D eigenvalue weighted by atomic mass is 16.5. The molecule has 1 atom stereocenters. The number of rotatable bonds is 8. The summed E-state index contributed by atoms with van der Waals surface area (Å²) in [7, 11) is 0. The molecular formula is C24H30N2O4. The fourth-order valence-corrected chi connectivity index (χ4v) is 3.60. The Bertz CT molecular complexity index is 905. The molecule has 1 N–H and O–H groups in total. The van der Waals surface area contributed by atoms with Gasteiger partial charge in [-0.05, 0) is 56.5 Å². The zero-order valence-corrected chi connectivity index (χ0v) is 18.2. The predicted molar refractivity (Wildman–Crippen MR) is 118 cm³/mol. The van der Waals surface area contributed by atoms with Crippen LogP contribution in [0.15, 0.2) is 36.4 Å². The fraction of sp³-hybridized carbons (Fsp3) is 0.417. The zero-order chi connectivity index (χ0) is 21.7. The molecule has 0 saturated heterocycles. The average Bonchev–Trinajstić information content (AvgIpc) is 2.71. The number of ether oxygens (including phenoxy) is 2. The van der Waals surface area contributed by atoms with Gasteiger partial charge in [-0.3, -0.25) is 9.59 Å². The van der Waals surface area contributed by atoms with E-state index in [1.54, 1.807) is 30.0 Å². The van der Waals surface area contributed by atoms with Crippen LogP contribution in [0.1, 0.15) is 44.2 Å². The average molecular weight is 411 g/mol. The molecule has 6 nitrogen and oxygen atoms in total. The van der Waals surface area contributed by atoms with E-state index in [0.29, 0.717) is 23.7 Å². The number of hydrogen-bond donors (Lipinski definition) is 1. The van der Waals surface area contributed by atoms with Crippen LogP contribution in [0.4, 0.5) is 11.4 Å². The van der Waals surface area contributed by atoms with Gasteiger partial charge in [0, 0.05) is 12.2 Å². The number of anilines is 2. The van der Waals surface area contributed by atoms with Gasteiger partial charge in [-0.15, -0.1) is 0 Å². The molecule has 0 aliphatic carbocycles. The highest BCUT2D eigenvalue weighted by Crippen LogP contribution is 2.36. The molecule has 0 aromatic heterocycles. The van der Waals surface area contributed by atoms with E-state index in [0.717, 1.165) is 36.1 Å². The molecule has 0 radical (unpaired) electrons. The van der Waals surface area contributed by atoms with Gasteiger partial charge in [-0.25, -0.2) is 0 Å². The van der Waals surface area contributed by atoms with E-state index in [1.165, 1.54) is 0 Å². The molecule has 3 rings (SSSR count). The van der Waals surface area contributed by atoms with Crippen molar-refractivity contribution in [1.82, 2.24) is 0 Å². The van der Waals surface area contributed by atoms with Gasteiger partial charge in [0.05, 0.1) is 5.69 Å². The Morgan fingerprint density at radius 2 is 1.90 bits per heavy atom. The molecule has 0 saturated carbocycles. The van der Waals surface area contributed by atoms with Crippen molar-refractivity contribution in [2.75, 3.05) is 23.4 Å². The molecule has 0 spiro atoms. The number of unbranched alkanes of at least 4 members (excludes halogenated alkanes) is 2. The van der Waals surface area contributed by atoms with E-state index in [2.05, 4.69) is 12.2 Å². The summed E-state index contributed by atoms with van der Waals surface area (Å²) >= 11 is 0. The van der Waals surface area contributed by atoms with Gasteiger partial charge >= 0.3 is 0 Å². The summed E-state index contributed by atoms with van der Waals surface area (Å²) in [6, 6.07) is 11.2. The standard InChI is InChI=1S/C24H30N2O4/c1-5-6-7-13-26-20-14-19(11-12-21(20)30-18(4)24(26)28)25-22(27)15-29-23-16(2)9-8-10-17(23)3/h8-12,14,18H,5-7,13,15H2,1-4H3,(H,25,27). The highest BCUT2D eigenvalue weighted by molar-refractivity contribution is 6.01. The largest absolute Gasteiger partial charge is 0.483 e. The first kappa shape index (κ1) is 21.7. The van der Waals surface area contributed by atoms with Gasteiger partial charge in [-0.1, -0.05) is 38.0 Å². The number of para-hydroxylation sites is 1. The summed E-state index contributed by atoms with van der Waals surface area (Å²) in [6.07, 6.45) is 2.55. The van der Waals surface area contributed by atoms with Crippen LogP contribution < -0.4 is 19.7 Å². The summed E-state index contributed by atoms with van der Waals surface area (Å²) in [6.45, 7) is 8.35. The molecular weight excluding hydrogens is 380 g/mol. The Hall–Kier alpha value is -3.02. The first-order valence-corrected chi connectivity index (χ1v) is 10.5. The third-order valence-electron chi connectivity index (χ3n) is 5.19. The van der Waals surface area contributed by atoms with Crippen molar-refractivity contribution in [1.29, 1.82) is 0 Å². The van der Waals surface area contributed by atoms with Crippen LogP contribution in [-0.4, -0.2) is 31.1 Å². The van der Waals surface area contributed by atoms with Crippen LogP contribution >= 0.6 is 0 Å². The minimum atomic E-state index is -0.509. The van der Waals surface area contributed by atoms with E-state index in [4.69, 9.17) is 9.47 Å². The van der Waals surface area contributed by atoms with Crippen molar-refractivity contribution >= 4 is 23.2 Å². The second-order valence-electron chi connectivity index (χ2n) is 7.70. The number of hydrogen-bond acceptors (Lipinski definition) is 4. The van der Waals surface area contributed by atoms with Crippen molar-refractivity contribution in [3.8, 4) is 11.5 Å². The summed E-state index contributed by atoms with van der Waals surface area (Å²) < 4.78 is 11.5. The van der Waals surface area contributed by atoms with Gasteiger partial charge in [0.2, 0.25) is 0 Å². The third kappa shape index (κ3) is 4.93. The van der Waals surface area contributed by atoms with E-state index in [9.17, 15) is 9.59 Å².